The van der Waals surface area contributed by atoms with Crippen LogP contribution in [0.4, 0.5) is 0 Å². The quantitative estimate of drug-likeness (QED) is 0.817. The van der Waals surface area contributed by atoms with E-state index in [4.69, 9.17) is 9.47 Å². The van der Waals surface area contributed by atoms with Gasteiger partial charge in [-0.2, -0.15) is 0 Å². The first-order chi connectivity index (χ1) is 8.31. The topological polar surface area (TPSA) is 38.8 Å². The molecule has 1 saturated heterocycles. The zero-order valence-electron chi connectivity index (χ0n) is 9.72. The first-order valence-electron chi connectivity index (χ1n) is 5.42. The Hall–Kier alpha value is -1.36. The van der Waals surface area contributed by atoms with Gasteiger partial charge >= 0.3 is 0 Å². The molecule has 5 heteroatoms. The Labute approximate surface area is 105 Å². The number of amides is 1. The van der Waals surface area contributed by atoms with Crippen molar-refractivity contribution in [3.05, 3.63) is 24.3 Å². The molecule has 1 aliphatic rings. The minimum Gasteiger partial charge on any atom is -0.493 e. The number of para-hydroxylation sites is 2. The number of thioether (sulfide) groups is 1. The fourth-order valence-corrected chi connectivity index (χ4v) is 2.55. The predicted octanol–water partition coefficient (Wildman–Crippen LogP) is 1.61. The van der Waals surface area contributed by atoms with Crippen molar-refractivity contribution in [3.8, 4) is 11.5 Å². The number of nitrogens with zero attached hydrogens (tertiary/aromatic N) is 1. The van der Waals surface area contributed by atoms with Crippen LogP contribution in [0.15, 0.2) is 24.3 Å². The molecular weight excluding hydrogens is 238 g/mol. The highest BCUT2D eigenvalue weighted by Crippen LogP contribution is 2.25. The van der Waals surface area contributed by atoms with E-state index < -0.39 is 0 Å². The molecule has 17 heavy (non-hydrogen) atoms. The molecule has 92 valence electrons. The zero-order chi connectivity index (χ0) is 12.1. The fourth-order valence-electron chi connectivity index (χ4n) is 1.58. The van der Waals surface area contributed by atoms with Crippen LogP contribution in [-0.4, -0.2) is 42.7 Å². The van der Waals surface area contributed by atoms with E-state index in [0.717, 1.165) is 18.2 Å². The molecule has 1 aromatic rings. The largest absolute Gasteiger partial charge is 0.493 e. The predicted molar refractivity (Wildman–Crippen MR) is 67.5 cm³/mol. The molecule has 1 heterocycles. The average molecular weight is 253 g/mol. The van der Waals surface area contributed by atoms with Gasteiger partial charge in [-0.15, -0.1) is 11.8 Å². The Bertz CT molecular complexity index is 391. The van der Waals surface area contributed by atoms with Crippen molar-refractivity contribution in [2.24, 2.45) is 0 Å². The standard InChI is InChI=1S/C12H15NO3S/c1-15-10-4-2-3-5-11(10)16-8-12(14)13-6-7-17-9-13/h2-5H,6-9H2,1H3. The molecule has 0 spiro atoms. The summed E-state index contributed by atoms with van der Waals surface area (Å²) >= 11 is 1.76. The Morgan fingerprint density at radius 1 is 1.41 bits per heavy atom. The van der Waals surface area contributed by atoms with Gasteiger partial charge in [0.15, 0.2) is 18.1 Å². The molecule has 4 nitrogen and oxygen atoms in total. The van der Waals surface area contributed by atoms with Gasteiger partial charge in [0.1, 0.15) is 0 Å². The molecule has 0 unspecified atom stereocenters. The van der Waals surface area contributed by atoms with Crippen molar-refractivity contribution in [3.63, 3.8) is 0 Å². The summed E-state index contributed by atoms with van der Waals surface area (Å²) in [7, 11) is 1.58. The lowest BCUT2D eigenvalue weighted by Crippen LogP contribution is -2.32. The summed E-state index contributed by atoms with van der Waals surface area (Å²) in [6.45, 7) is 0.889. The molecule has 1 amide bonds. The number of hydrogen-bond donors (Lipinski definition) is 0. The maximum absolute atomic E-state index is 11.8. The van der Waals surface area contributed by atoms with Crippen molar-refractivity contribution in [1.29, 1.82) is 0 Å². The van der Waals surface area contributed by atoms with Crippen LogP contribution < -0.4 is 9.47 Å². The van der Waals surface area contributed by atoms with E-state index in [9.17, 15) is 4.79 Å². The van der Waals surface area contributed by atoms with Crippen LogP contribution in [0.5, 0.6) is 11.5 Å². The number of rotatable bonds is 4. The van der Waals surface area contributed by atoms with Gasteiger partial charge < -0.3 is 14.4 Å². The van der Waals surface area contributed by atoms with Crippen molar-refractivity contribution in [1.82, 2.24) is 4.90 Å². The number of ether oxygens (including phenoxy) is 2. The third-order valence-corrected chi connectivity index (χ3v) is 3.49. The zero-order valence-corrected chi connectivity index (χ0v) is 10.5. The highest BCUT2D eigenvalue weighted by molar-refractivity contribution is 7.99. The first kappa shape index (κ1) is 12.1. The van der Waals surface area contributed by atoms with Gasteiger partial charge in [0.25, 0.3) is 5.91 Å². The van der Waals surface area contributed by atoms with Gasteiger partial charge in [-0.25, -0.2) is 0 Å². The second kappa shape index (κ2) is 5.82. The molecule has 1 aromatic carbocycles. The molecular formula is C12H15NO3S. The summed E-state index contributed by atoms with van der Waals surface area (Å²) in [4.78, 5) is 13.6. The van der Waals surface area contributed by atoms with Gasteiger partial charge in [-0.3, -0.25) is 4.79 Å². The summed E-state index contributed by atoms with van der Waals surface area (Å²) in [6.07, 6.45) is 0. The van der Waals surface area contributed by atoms with Crippen LogP contribution in [0.25, 0.3) is 0 Å². The summed E-state index contributed by atoms with van der Waals surface area (Å²) in [5, 5.41) is 0. The molecule has 0 saturated carbocycles. The normalized spacial score (nSPS) is 14.8. The summed E-state index contributed by atoms with van der Waals surface area (Å²) in [5.74, 6) is 3.07. The smallest absolute Gasteiger partial charge is 0.261 e. The van der Waals surface area contributed by atoms with E-state index in [0.29, 0.717) is 11.5 Å². The second-order valence-corrected chi connectivity index (χ2v) is 4.71. The van der Waals surface area contributed by atoms with E-state index in [2.05, 4.69) is 0 Å². The molecule has 0 bridgehead atoms. The molecule has 0 N–H and O–H groups in total. The molecule has 0 atom stereocenters. The maximum atomic E-state index is 11.8. The number of carbonyl (C=O) groups excluding carboxylic acids is 1. The number of benzene rings is 1. The molecule has 2 rings (SSSR count). The Morgan fingerprint density at radius 3 is 2.82 bits per heavy atom. The van der Waals surface area contributed by atoms with E-state index in [1.807, 2.05) is 18.2 Å². The van der Waals surface area contributed by atoms with Crippen molar-refractivity contribution >= 4 is 17.7 Å². The van der Waals surface area contributed by atoms with Crippen LogP contribution in [-0.2, 0) is 4.79 Å². The Kier molecular flexibility index (Phi) is 4.14. The SMILES string of the molecule is COc1ccccc1OCC(=O)N1CCSC1. The Morgan fingerprint density at radius 2 is 2.18 bits per heavy atom. The van der Waals surface area contributed by atoms with E-state index in [1.165, 1.54) is 0 Å². The van der Waals surface area contributed by atoms with Crippen LogP contribution in [0.1, 0.15) is 0 Å². The average Bonchev–Trinajstić information content (AvgIpc) is 2.90. The minimum atomic E-state index is 0.0286. The fraction of sp³-hybridized carbons (Fsp3) is 0.417. The lowest BCUT2D eigenvalue weighted by Gasteiger charge is -2.15. The van der Waals surface area contributed by atoms with E-state index >= 15 is 0 Å². The van der Waals surface area contributed by atoms with Crippen LogP contribution >= 0.6 is 11.8 Å². The lowest BCUT2D eigenvalue weighted by atomic mass is 10.3. The van der Waals surface area contributed by atoms with Gasteiger partial charge in [-0.05, 0) is 12.1 Å². The summed E-state index contributed by atoms with van der Waals surface area (Å²) in [6, 6.07) is 7.33. The molecule has 0 radical (unpaired) electrons. The molecule has 0 aromatic heterocycles. The van der Waals surface area contributed by atoms with Gasteiger partial charge in [0.2, 0.25) is 0 Å². The van der Waals surface area contributed by atoms with E-state index in [1.54, 1.807) is 29.8 Å². The molecule has 1 aliphatic heterocycles. The van der Waals surface area contributed by atoms with Gasteiger partial charge in [-0.1, -0.05) is 12.1 Å². The molecule has 1 fully saturated rings. The minimum absolute atomic E-state index is 0.0286. The van der Waals surface area contributed by atoms with Crippen molar-refractivity contribution < 1.29 is 14.3 Å². The second-order valence-electron chi connectivity index (χ2n) is 3.63. The highest BCUT2D eigenvalue weighted by Gasteiger charge is 2.18. The highest BCUT2D eigenvalue weighted by atomic mass is 32.2. The van der Waals surface area contributed by atoms with Crippen molar-refractivity contribution in [2.45, 2.75) is 0 Å². The van der Waals surface area contributed by atoms with E-state index in [-0.39, 0.29) is 12.5 Å². The van der Waals surface area contributed by atoms with Crippen molar-refractivity contribution in [2.75, 3.05) is 31.9 Å². The first-order valence-corrected chi connectivity index (χ1v) is 6.58. The van der Waals surface area contributed by atoms with Crippen LogP contribution in [0.2, 0.25) is 0 Å². The monoisotopic (exact) mass is 253 g/mol. The van der Waals surface area contributed by atoms with Crippen LogP contribution in [0, 0.1) is 0 Å². The third-order valence-electron chi connectivity index (χ3n) is 2.53. The summed E-state index contributed by atoms with van der Waals surface area (Å²) < 4.78 is 10.6. The summed E-state index contributed by atoms with van der Waals surface area (Å²) in [5.41, 5.74) is 0. The number of methoxy groups -OCH3 is 1. The maximum Gasteiger partial charge on any atom is 0.261 e. The Balaban J connectivity index is 1.90. The number of hydrogen-bond acceptors (Lipinski definition) is 4. The third kappa shape index (κ3) is 3.06. The van der Waals surface area contributed by atoms with Gasteiger partial charge in [0, 0.05) is 12.3 Å². The van der Waals surface area contributed by atoms with Crippen LogP contribution in [0.3, 0.4) is 0 Å². The van der Waals surface area contributed by atoms with Gasteiger partial charge in [0.05, 0.1) is 13.0 Å². The lowest BCUT2D eigenvalue weighted by molar-refractivity contribution is -0.131. The molecule has 0 aliphatic carbocycles. The number of carbonyl (C=O) groups is 1.